The zero-order valence-corrected chi connectivity index (χ0v) is 12.3. The first-order valence-electron chi connectivity index (χ1n) is 7.28. The standard InChI is InChI=1S/C15H17N5O2/c1-2-8-20-14(21)12-13(18-10-17-12)19(15(20)22)9-5-11-3-6-16-7-4-11/h3-4,6-7,10H,2,5,8-9H2,1H3,(H,17,18). The van der Waals surface area contributed by atoms with E-state index in [0.29, 0.717) is 30.7 Å². The molecule has 0 aliphatic rings. The Morgan fingerprint density at radius 1 is 1.14 bits per heavy atom. The van der Waals surface area contributed by atoms with Crippen molar-refractivity contribution in [1.82, 2.24) is 24.1 Å². The normalized spacial score (nSPS) is 11.1. The Morgan fingerprint density at radius 3 is 2.64 bits per heavy atom. The Kier molecular flexibility index (Phi) is 3.86. The van der Waals surface area contributed by atoms with Gasteiger partial charge in [0.05, 0.1) is 6.33 Å². The SMILES string of the molecule is CCCn1c(=O)c2[nH]cnc2n(CCc2ccncc2)c1=O. The van der Waals surface area contributed by atoms with Crippen LogP contribution in [-0.2, 0) is 19.5 Å². The molecule has 3 aromatic heterocycles. The molecule has 114 valence electrons. The van der Waals surface area contributed by atoms with E-state index in [-0.39, 0.29) is 11.2 Å². The van der Waals surface area contributed by atoms with E-state index in [1.54, 1.807) is 17.0 Å². The summed E-state index contributed by atoms with van der Waals surface area (Å²) >= 11 is 0. The summed E-state index contributed by atoms with van der Waals surface area (Å²) in [5, 5.41) is 0. The molecule has 3 heterocycles. The van der Waals surface area contributed by atoms with Crippen LogP contribution in [0.3, 0.4) is 0 Å². The Morgan fingerprint density at radius 2 is 1.91 bits per heavy atom. The van der Waals surface area contributed by atoms with Crippen molar-refractivity contribution in [3.8, 4) is 0 Å². The van der Waals surface area contributed by atoms with Crippen molar-refractivity contribution in [2.45, 2.75) is 32.9 Å². The summed E-state index contributed by atoms with van der Waals surface area (Å²) in [6.07, 6.45) is 6.29. The van der Waals surface area contributed by atoms with Crippen LogP contribution in [0.25, 0.3) is 11.2 Å². The molecular formula is C15H17N5O2. The minimum Gasteiger partial charge on any atom is -0.339 e. The van der Waals surface area contributed by atoms with Crippen molar-refractivity contribution in [3.63, 3.8) is 0 Å². The van der Waals surface area contributed by atoms with Crippen LogP contribution in [0, 0.1) is 0 Å². The van der Waals surface area contributed by atoms with E-state index < -0.39 is 0 Å². The molecule has 0 radical (unpaired) electrons. The number of pyridine rings is 1. The molecule has 0 aromatic carbocycles. The lowest BCUT2D eigenvalue weighted by molar-refractivity contribution is 0.559. The lowest BCUT2D eigenvalue weighted by atomic mass is 10.2. The summed E-state index contributed by atoms with van der Waals surface area (Å²) in [5.41, 5.74) is 1.26. The fourth-order valence-corrected chi connectivity index (χ4v) is 2.52. The van der Waals surface area contributed by atoms with Crippen molar-refractivity contribution in [2.24, 2.45) is 0 Å². The van der Waals surface area contributed by atoms with Crippen molar-refractivity contribution in [2.75, 3.05) is 0 Å². The highest BCUT2D eigenvalue weighted by atomic mass is 16.2. The number of rotatable bonds is 5. The largest absolute Gasteiger partial charge is 0.339 e. The molecule has 0 saturated heterocycles. The molecule has 0 unspecified atom stereocenters. The van der Waals surface area contributed by atoms with Gasteiger partial charge in [0, 0.05) is 25.5 Å². The zero-order chi connectivity index (χ0) is 15.5. The third-order valence-corrected chi connectivity index (χ3v) is 3.62. The van der Waals surface area contributed by atoms with Crippen molar-refractivity contribution in [1.29, 1.82) is 0 Å². The van der Waals surface area contributed by atoms with E-state index in [2.05, 4.69) is 15.0 Å². The maximum absolute atomic E-state index is 12.6. The first-order valence-corrected chi connectivity index (χ1v) is 7.28. The molecule has 22 heavy (non-hydrogen) atoms. The van der Waals surface area contributed by atoms with Gasteiger partial charge in [0.15, 0.2) is 5.65 Å². The van der Waals surface area contributed by atoms with Crippen LogP contribution >= 0.6 is 0 Å². The van der Waals surface area contributed by atoms with Gasteiger partial charge in [0.2, 0.25) is 0 Å². The molecule has 7 heteroatoms. The number of aryl methyl sites for hydroxylation is 2. The van der Waals surface area contributed by atoms with Crippen molar-refractivity contribution in [3.05, 3.63) is 57.3 Å². The van der Waals surface area contributed by atoms with E-state index in [1.807, 2.05) is 19.1 Å². The zero-order valence-electron chi connectivity index (χ0n) is 12.3. The number of hydrogen-bond donors (Lipinski definition) is 1. The van der Waals surface area contributed by atoms with Gasteiger partial charge in [0.1, 0.15) is 5.52 Å². The van der Waals surface area contributed by atoms with Crippen molar-refractivity contribution >= 4 is 11.2 Å². The van der Waals surface area contributed by atoms with Gasteiger partial charge in [0.25, 0.3) is 5.56 Å². The number of aromatic amines is 1. The Hall–Kier alpha value is -2.70. The summed E-state index contributed by atoms with van der Waals surface area (Å²) < 4.78 is 2.83. The van der Waals surface area contributed by atoms with E-state index in [9.17, 15) is 9.59 Å². The smallest absolute Gasteiger partial charge is 0.332 e. The van der Waals surface area contributed by atoms with Gasteiger partial charge in [-0.1, -0.05) is 6.92 Å². The van der Waals surface area contributed by atoms with E-state index in [4.69, 9.17) is 0 Å². The lowest BCUT2D eigenvalue weighted by Gasteiger charge is -2.10. The quantitative estimate of drug-likeness (QED) is 0.759. The molecule has 0 bridgehead atoms. The molecule has 0 fully saturated rings. The Balaban J connectivity index is 2.06. The van der Waals surface area contributed by atoms with Gasteiger partial charge in [-0.05, 0) is 30.5 Å². The van der Waals surface area contributed by atoms with Crippen molar-refractivity contribution < 1.29 is 0 Å². The second kappa shape index (κ2) is 5.97. The number of nitrogens with zero attached hydrogens (tertiary/aromatic N) is 4. The fraction of sp³-hybridized carbons (Fsp3) is 0.333. The van der Waals surface area contributed by atoms with Crippen LogP contribution in [0.15, 0.2) is 40.4 Å². The predicted octanol–water partition coefficient (Wildman–Crippen LogP) is 0.934. The maximum Gasteiger partial charge on any atom is 0.332 e. The summed E-state index contributed by atoms with van der Waals surface area (Å²) in [4.78, 5) is 35.8. The lowest BCUT2D eigenvalue weighted by Crippen LogP contribution is -2.40. The van der Waals surface area contributed by atoms with Crippen LogP contribution in [0.1, 0.15) is 18.9 Å². The number of fused-ring (bicyclic) bond motifs is 1. The third kappa shape index (κ3) is 2.45. The van der Waals surface area contributed by atoms with E-state index >= 15 is 0 Å². The minimum atomic E-state index is -0.306. The molecule has 0 amide bonds. The molecular weight excluding hydrogens is 282 g/mol. The highest BCUT2D eigenvalue weighted by Gasteiger charge is 2.14. The van der Waals surface area contributed by atoms with Crippen LogP contribution in [-0.4, -0.2) is 24.1 Å². The summed E-state index contributed by atoms with van der Waals surface area (Å²) in [6.45, 7) is 2.81. The van der Waals surface area contributed by atoms with E-state index in [0.717, 1.165) is 12.0 Å². The van der Waals surface area contributed by atoms with Crippen LogP contribution in [0.2, 0.25) is 0 Å². The molecule has 0 saturated carbocycles. The van der Waals surface area contributed by atoms with E-state index in [1.165, 1.54) is 10.9 Å². The Labute approximate surface area is 126 Å². The van der Waals surface area contributed by atoms with Gasteiger partial charge in [-0.25, -0.2) is 9.78 Å². The molecule has 7 nitrogen and oxygen atoms in total. The van der Waals surface area contributed by atoms with Crippen LogP contribution in [0.4, 0.5) is 0 Å². The van der Waals surface area contributed by atoms with Gasteiger partial charge in [-0.2, -0.15) is 0 Å². The predicted molar refractivity (Wildman–Crippen MR) is 82.8 cm³/mol. The topological polar surface area (TPSA) is 85.6 Å². The first-order chi connectivity index (χ1) is 10.7. The average molecular weight is 299 g/mol. The summed E-state index contributed by atoms with van der Waals surface area (Å²) in [5.74, 6) is 0. The molecule has 1 N–H and O–H groups in total. The summed E-state index contributed by atoms with van der Waals surface area (Å²) in [7, 11) is 0. The second-order valence-electron chi connectivity index (χ2n) is 5.10. The van der Waals surface area contributed by atoms with Crippen LogP contribution < -0.4 is 11.2 Å². The summed E-state index contributed by atoms with van der Waals surface area (Å²) in [6, 6.07) is 3.82. The monoisotopic (exact) mass is 299 g/mol. The molecule has 3 rings (SSSR count). The van der Waals surface area contributed by atoms with Gasteiger partial charge in [-0.3, -0.25) is 18.9 Å². The number of nitrogens with one attached hydrogen (secondary N) is 1. The average Bonchev–Trinajstić information content (AvgIpc) is 3.02. The van der Waals surface area contributed by atoms with Gasteiger partial charge in [-0.15, -0.1) is 0 Å². The number of imidazole rings is 1. The highest BCUT2D eigenvalue weighted by Crippen LogP contribution is 2.05. The minimum absolute atomic E-state index is 0.305. The maximum atomic E-state index is 12.6. The number of H-pyrrole nitrogens is 1. The highest BCUT2D eigenvalue weighted by molar-refractivity contribution is 5.68. The van der Waals surface area contributed by atoms with Gasteiger partial charge < -0.3 is 4.98 Å². The fourth-order valence-electron chi connectivity index (χ4n) is 2.52. The molecule has 0 aliphatic heterocycles. The van der Waals surface area contributed by atoms with Crippen LogP contribution in [0.5, 0.6) is 0 Å². The number of aromatic nitrogens is 5. The number of hydrogen-bond acceptors (Lipinski definition) is 4. The Bertz CT molecular complexity index is 892. The molecule has 0 spiro atoms. The van der Waals surface area contributed by atoms with Gasteiger partial charge >= 0.3 is 5.69 Å². The first kappa shape index (κ1) is 14.2. The third-order valence-electron chi connectivity index (χ3n) is 3.62. The molecule has 0 atom stereocenters. The molecule has 0 aliphatic carbocycles. The second-order valence-corrected chi connectivity index (χ2v) is 5.10. The molecule has 3 aromatic rings.